The van der Waals surface area contributed by atoms with Crippen LogP contribution in [-0.4, -0.2) is 66.6 Å². The van der Waals surface area contributed by atoms with Crippen LogP contribution in [0.4, 0.5) is 0 Å². The van der Waals surface area contributed by atoms with E-state index in [-0.39, 0.29) is 6.61 Å². The fourth-order valence-corrected chi connectivity index (χ4v) is 3.93. The zero-order valence-electron chi connectivity index (χ0n) is 18.3. The minimum atomic E-state index is -0.512. The lowest BCUT2D eigenvalue weighted by atomic mass is 10.1. The van der Waals surface area contributed by atoms with Crippen LogP contribution < -0.4 is 9.47 Å². The summed E-state index contributed by atoms with van der Waals surface area (Å²) >= 11 is 0. The number of benzene rings is 1. The highest BCUT2D eigenvalue weighted by Gasteiger charge is 2.15. The van der Waals surface area contributed by atoms with Gasteiger partial charge in [0, 0.05) is 25.7 Å². The first-order valence-corrected chi connectivity index (χ1v) is 10.9. The molecule has 3 rings (SSSR count). The lowest BCUT2D eigenvalue weighted by molar-refractivity contribution is 0.0645. The van der Waals surface area contributed by atoms with Crippen molar-refractivity contribution >= 4 is 0 Å². The van der Waals surface area contributed by atoms with E-state index in [0.717, 1.165) is 30.9 Å². The third-order valence-corrected chi connectivity index (χ3v) is 5.45. The van der Waals surface area contributed by atoms with Gasteiger partial charge in [-0.25, -0.2) is 0 Å². The molecule has 1 aliphatic rings. The fraction of sp³-hybridized carbons (Fsp3) is 0.609. The minimum absolute atomic E-state index is 0.262. The molecule has 1 aromatic heterocycles. The van der Waals surface area contributed by atoms with Crippen LogP contribution in [0, 0.1) is 0 Å². The number of nitrogens with zero attached hydrogens (tertiary/aromatic N) is 3. The van der Waals surface area contributed by atoms with Crippen molar-refractivity contribution < 1.29 is 19.1 Å². The van der Waals surface area contributed by atoms with Gasteiger partial charge in [0.1, 0.15) is 19.0 Å². The first-order chi connectivity index (χ1) is 14.6. The molecule has 2 aromatic rings. The quantitative estimate of drug-likeness (QED) is 0.636. The average Bonchev–Trinajstić information content (AvgIpc) is 3.21. The molecule has 0 spiro atoms. The summed E-state index contributed by atoms with van der Waals surface area (Å²) in [5, 5.41) is 14.4. The SMILES string of the molecule is COc1cc(CN(C)Cc2ccon2)ccc1OC[C@@H](O)CN1CCCCCCC1. The third kappa shape index (κ3) is 7.31. The molecule has 7 heteroatoms. The number of aromatic nitrogens is 1. The minimum Gasteiger partial charge on any atom is -0.493 e. The molecule has 1 aromatic carbocycles. The molecule has 166 valence electrons. The van der Waals surface area contributed by atoms with E-state index < -0.39 is 6.10 Å². The van der Waals surface area contributed by atoms with E-state index in [2.05, 4.69) is 15.0 Å². The predicted molar refractivity (Wildman–Crippen MR) is 116 cm³/mol. The summed E-state index contributed by atoms with van der Waals surface area (Å²) in [6.45, 7) is 4.51. The van der Waals surface area contributed by atoms with Gasteiger partial charge in [-0.1, -0.05) is 30.5 Å². The number of hydrogen-bond donors (Lipinski definition) is 1. The van der Waals surface area contributed by atoms with Crippen molar-refractivity contribution in [2.24, 2.45) is 0 Å². The fourth-order valence-electron chi connectivity index (χ4n) is 3.93. The molecule has 1 atom stereocenters. The molecule has 0 unspecified atom stereocenters. The molecule has 2 heterocycles. The summed E-state index contributed by atoms with van der Waals surface area (Å²) in [7, 11) is 3.68. The molecule has 0 bridgehead atoms. The van der Waals surface area contributed by atoms with Crippen LogP contribution in [0.5, 0.6) is 11.5 Å². The van der Waals surface area contributed by atoms with Crippen molar-refractivity contribution in [3.63, 3.8) is 0 Å². The monoisotopic (exact) mass is 417 g/mol. The van der Waals surface area contributed by atoms with Gasteiger partial charge in [-0.05, 0) is 50.7 Å². The van der Waals surface area contributed by atoms with E-state index in [4.69, 9.17) is 14.0 Å². The Balaban J connectivity index is 1.49. The van der Waals surface area contributed by atoms with E-state index in [1.165, 1.54) is 32.1 Å². The van der Waals surface area contributed by atoms with Gasteiger partial charge in [0.2, 0.25) is 0 Å². The summed E-state index contributed by atoms with van der Waals surface area (Å²) in [5.41, 5.74) is 2.02. The van der Waals surface area contributed by atoms with Crippen molar-refractivity contribution in [2.75, 3.05) is 40.4 Å². The Morgan fingerprint density at radius 3 is 2.57 bits per heavy atom. The molecular formula is C23H35N3O4. The number of methoxy groups -OCH3 is 1. The van der Waals surface area contributed by atoms with E-state index in [1.807, 2.05) is 31.3 Å². The second-order valence-corrected chi connectivity index (χ2v) is 8.18. The zero-order chi connectivity index (χ0) is 21.2. The number of aliphatic hydroxyl groups excluding tert-OH is 1. The first-order valence-electron chi connectivity index (χ1n) is 10.9. The van der Waals surface area contributed by atoms with Crippen LogP contribution in [0.25, 0.3) is 0 Å². The lowest BCUT2D eigenvalue weighted by Crippen LogP contribution is -2.37. The van der Waals surface area contributed by atoms with Crippen molar-refractivity contribution in [1.82, 2.24) is 15.0 Å². The Hall–Kier alpha value is -2.09. The van der Waals surface area contributed by atoms with Crippen LogP contribution >= 0.6 is 0 Å². The van der Waals surface area contributed by atoms with Gasteiger partial charge in [-0.3, -0.25) is 4.90 Å². The maximum Gasteiger partial charge on any atom is 0.161 e. The molecule has 0 radical (unpaired) electrons. The lowest BCUT2D eigenvalue weighted by Gasteiger charge is -2.26. The standard InChI is InChI=1S/C23H35N3O4/c1-25(16-20-10-13-30-24-20)15-19-8-9-22(23(14-19)28-2)29-18-21(27)17-26-11-6-4-3-5-7-12-26/h8-10,13-14,21,27H,3-7,11-12,15-18H2,1-2H3/t21-/m0/s1. The summed E-state index contributed by atoms with van der Waals surface area (Å²) in [5.74, 6) is 1.34. The maximum atomic E-state index is 10.5. The molecule has 0 amide bonds. The van der Waals surface area contributed by atoms with Gasteiger partial charge in [0.25, 0.3) is 0 Å². The number of aliphatic hydroxyl groups is 1. The molecule has 1 saturated heterocycles. The van der Waals surface area contributed by atoms with E-state index in [0.29, 0.717) is 24.6 Å². The van der Waals surface area contributed by atoms with Gasteiger partial charge < -0.3 is 24.0 Å². The second kappa shape index (κ2) is 11.9. The van der Waals surface area contributed by atoms with Crippen molar-refractivity contribution in [3.05, 3.63) is 41.8 Å². The maximum absolute atomic E-state index is 10.5. The third-order valence-electron chi connectivity index (χ3n) is 5.45. The van der Waals surface area contributed by atoms with E-state index >= 15 is 0 Å². The number of β-amino-alcohol motifs (C(OH)–C–C–N with tert-alkyl or cyclic N) is 1. The summed E-state index contributed by atoms with van der Waals surface area (Å²) in [6.07, 6.45) is 7.43. The van der Waals surface area contributed by atoms with Crippen LogP contribution in [0.15, 0.2) is 35.1 Å². The smallest absolute Gasteiger partial charge is 0.161 e. The highest BCUT2D eigenvalue weighted by atomic mass is 16.5. The van der Waals surface area contributed by atoms with Gasteiger partial charge in [0.15, 0.2) is 11.5 Å². The van der Waals surface area contributed by atoms with Crippen molar-refractivity contribution in [3.8, 4) is 11.5 Å². The Kier molecular flexibility index (Phi) is 8.99. The Morgan fingerprint density at radius 1 is 1.10 bits per heavy atom. The van der Waals surface area contributed by atoms with Gasteiger partial charge in [-0.15, -0.1) is 0 Å². The van der Waals surface area contributed by atoms with Gasteiger partial charge in [0.05, 0.1) is 12.8 Å². The number of ether oxygens (including phenoxy) is 2. The molecular weight excluding hydrogens is 382 g/mol. The summed E-state index contributed by atoms with van der Waals surface area (Å²) in [6, 6.07) is 7.80. The summed E-state index contributed by atoms with van der Waals surface area (Å²) in [4.78, 5) is 4.51. The molecule has 7 nitrogen and oxygen atoms in total. The number of rotatable bonds is 10. The van der Waals surface area contributed by atoms with Crippen LogP contribution in [0.3, 0.4) is 0 Å². The second-order valence-electron chi connectivity index (χ2n) is 8.18. The molecule has 0 aliphatic carbocycles. The van der Waals surface area contributed by atoms with Crippen LogP contribution in [0.1, 0.15) is 43.4 Å². The molecule has 1 N–H and O–H groups in total. The van der Waals surface area contributed by atoms with E-state index in [9.17, 15) is 5.11 Å². The molecule has 1 fully saturated rings. The normalized spacial score (nSPS) is 16.8. The molecule has 30 heavy (non-hydrogen) atoms. The predicted octanol–water partition coefficient (Wildman–Crippen LogP) is 3.32. The van der Waals surface area contributed by atoms with Crippen molar-refractivity contribution in [1.29, 1.82) is 0 Å². The highest BCUT2D eigenvalue weighted by Crippen LogP contribution is 2.29. The van der Waals surface area contributed by atoms with E-state index in [1.54, 1.807) is 13.4 Å². The average molecular weight is 418 g/mol. The van der Waals surface area contributed by atoms with Crippen molar-refractivity contribution in [2.45, 2.75) is 51.3 Å². The Bertz CT molecular complexity index is 730. The summed E-state index contributed by atoms with van der Waals surface area (Å²) < 4.78 is 16.3. The highest BCUT2D eigenvalue weighted by molar-refractivity contribution is 5.43. The Labute approximate surface area is 179 Å². The Morgan fingerprint density at radius 2 is 1.87 bits per heavy atom. The largest absolute Gasteiger partial charge is 0.493 e. The first kappa shape index (κ1) is 22.6. The molecule has 0 saturated carbocycles. The van der Waals surface area contributed by atoms with Crippen LogP contribution in [-0.2, 0) is 13.1 Å². The molecule has 1 aliphatic heterocycles. The number of likely N-dealkylation sites (tertiary alicyclic amines) is 1. The van der Waals surface area contributed by atoms with Crippen LogP contribution in [0.2, 0.25) is 0 Å². The van der Waals surface area contributed by atoms with Gasteiger partial charge in [-0.2, -0.15) is 0 Å². The number of hydrogen-bond acceptors (Lipinski definition) is 7. The van der Waals surface area contributed by atoms with Gasteiger partial charge >= 0.3 is 0 Å². The topological polar surface area (TPSA) is 71.2 Å². The zero-order valence-corrected chi connectivity index (χ0v) is 18.3.